The van der Waals surface area contributed by atoms with Gasteiger partial charge in [0.1, 0.15) is 11.4 Å². The Bertz CT molecular complexity index is 867. The molecule has 5 rings (SSSR count). The highest BCUT2D eigenvalue weighted by atomic mass is 16.6. The Labute approximate surface area is 188 Å². The van der Waals surface area contributed by atoms with E-state index in [1.165, 1.54) is 12.0 Å². The first kappa shape index (κ1) is 21.6. The summed E-state index contributed by atoms with van der Waals surface area (Å²) in [4.78, 5) is 25.4. The highest BCUT2D eigenvalue weighted by Crippen LogP contribution is 2.75. The van der Waals surface area contributed by atoms with Crippen molar-refractivity contribution in [3.05, 3.63) is 23.8 Å². The molecule has 4 fully saturated rings. The molecule has 1 heterocycles. The number of ether oxygens (including phenoxy) is 1. The second-order valence-corrected chi connectivity index (χ2v) is 12.3. The second kappa shape index (κ2) is 6.89. The van der Waals surface area contributed by atoms with Crippen molar-refractivity contribution in [2.45, 2.75) is 91.8 Å². The number of carbonyl (C=O) groups excluding carboxylic acids is 2. The van der Waals surface area contributed by atoms with E-state index < -0.39 is 0 Å². The molecule has 0 N–H and O–H groups in total. The quantitative estimate of drug-likeness (QED) is 0.415. The average Bonchev–Trinajstić information content (AvgIpc) is 3.38. The molecule has 0 amide bonds. The number of fused-ring (bicyclic) bond motifs is 3. The highest BCUT2D eigenvalue weighted by molar-refractivity contribution is 5.98. The minimum Gasteiger partial charge on any atom is -0.361 e. The number of carbonyl (C=O) groups is 2. The van der Waals surface area contributed by atoms with Gasteiger partial charge in [-0.3, -0.25) is 9.59 Å². The van der Waals surface area contributed by atoms with Gasteiger partial charge in [-0.2, -0.15) is 0 Å². The van der Waals surface area contributed by atoms with Crippen LogP contribution in [0.25, 0.3) is 0 Å². The average molecular weight is 425 g/mol. The van der Waals surface area contributed by atoms with Crippen LogP contribution in [-0.2, 0) is 14.3 Å². The van der Waals surface area contributed by atoms with Crippen molar-refractivity contribution in [3.63, 3.8) is 0 Å². The summed E-state index contributed by atoms with van der Waals surface area (Å²) in [6, 6.07) is 0. The molecule has 0 aromatic rings. The van der Waals surface area contributed by atoms with E-state index in [4.69, 9.17) is 4.74 Å². The molecule has 0 radical (unpaired) electrons. The smallest absolute Gasteiger partial charge is 0.159 e. The zero-order chi connectivity index (χ0) is 22.3. The Kier molecular flexibility index (Phi) is 4.80. The maximum atomic E-state index is 13.2. The van der Waals surface area contributed by atoms with Crippen LogP contribution >= 0.6 is 0 Å². The van der Waals surface area contributed by atoms with Crippen molar-refractivity contribution in [1.82, 2.24) is 0 Å². The van der Waals surface area contributed by atoms with Crippen molar-refractivity contribution in [3.8, 4) is 0 Å². The molecular formula is C28H40O3. The lowest BCUT2D eigenvalue weighted by Gasteiger charge is -2.56. The van der Waals surface area contributed by atoms with E-state index in [-0.39, 0.29) is 40.0 Å². The maximum absolute atomic E-state index is 13.2. The first-order valence-electron chi connectivity index (χ1n) is 12.7. The number of rotatable bonds is 4. The number of hydrogen-bond acceptors (Lipinski definition) is 3. The minimum atomic E-state index is -0.225. The summed E-state index contributed by atoms with van der Waals surface area (Å²) < 4.78 is 6.54. The third-order valence-corrected chi connectivity index (χ3v) is 10.6. The fourth-order valence-corrected chi connectivity index (χ4v) is 8.12. The predicted molar refractivity (Wildman–Crippen MR) is 122 cm³/mol. The van der Waals surface area contributed by atoms with E-state index in [0.717, 1.165) is 19.3 Å². The van der Waals surface area contributed by atoms with E-state index in [1.54, 1.807) is 0 Å². The highest BCUT2D eigenvalue weighted by Gasteiger charge is 2.79. The summed E-state index contributed by atoms with van der Waals surface area (Å²) in [5.41, 5.74) is 1.10. The summed E-state index contributed by atoms with van der Waals surface area (Å²) >= 11 is 0. The van der Waals surface area contributed by atoms with Crippen LogP contribution in [0.2, 0.25) is 0 Å². The lowest BCUT2D eigenvalue weighted by molar-refractivity contribution is -0.138. The molecule has 3 saturated carbocycles. The summed E-state index contributed by atoms with van der Waals surface area (Å²) in [5, 5.41) is 0. The van der Waals surface area contributed by atoms with Crippen LogP contribution in [0.4, 0.5) is 0 Å². The Hall–Kier alpha value is -1.22. The maximum Gasteiger partial charge on any atom is 0.159 e. The van der Waals surface area contributed by atoms with Gasteiger partial charge in [0.25, 0.3) is 0 Å². The zero-order valence-corrected chi connectivity index (χ0v) is 20.2. The first-order valence-corrected chi connectivity index (χ1v) is 12.7. The molecule has 1 spiro atoms. The summed E-state index contributed by atoms with van der Waals surface area (Å²) in [5.74, 6) is 3.11. The summed E-state index contributed by atoms with van der Waals surface area (Å²) in [6.45, 7) is 14.0. The van der Waals surface area contributed by atoms with Gasteiger partial charge in [0.05, 0.1) is 6.10 Å². The van der Waals surface area contributed by atoms with Gasteiger partial charge in [-0.05, 0) is 72.3 Å². The third-order valence-electron chi connectivity index (χ3n) is 10.6. The Morgan fingerprint density at radius 1 is 1.06 bits per heavy atom. The van der Waals surface area contributed by atoms with Crippen LogP contribution in [0.5, 0.6) is 0 Å². The molecule has 170 valence electrons. The van der Waals surface area contributed by atoms with Gasteiger partial charge in [0.15, 0.2) is 5.78 Å². The molecule has 0 aromatic heterocycles. The molecular weight excluding hydrogens is 384 g/mol. The molecule has 9 atom stereocenters. The van der Waals surface area contributed by atoms with Gasteiger partial charge < -0.3 is 4.74 Å². The number of allylic oxidation sites excluding steroid dienone is 3. The largest absolute Gasteiger partial charge is 0.361 e. The van der Waals surface area contributed by atoms with Crippen LogP contribution in [0.1, 0.15) is 80.1 Å². The van der Waals surface area contributed by atoms with E-state index in [1.807, 2.05) is 6.08 Å². The number of ketones is 2. The van der Waals surface area contributed by atoms with E-state index in [9.17, 15) is 9.59 Å². The van der Waals surface area contributed by atoms with Gasteiger partial charge in [0.2, 0.25) is 0 Å². The minimum absolute atomic E-state index is 0.0715. The molecule has 5 aliphatic rings. The van der Waals surface area contributed by atoms with Crippen LogP contribution in [0.15, 0.2) is 23.8 Å². The van der Waals surface area contributed by atoms with Gasteiger partial charge in [0, 0.05) is 24.2 Å². The molecule has 0 bridgehead atoms. The summed E-state index contributed by atoms with van der Waals surface area (Å²) in [6.07, 6.45) is 12.4. The molecule has 4 aliphatic carbocycles. The van der Waals surface area contributed by atoms with Crippen molar-refractivity contribution in [2.75, 3.05) is 0 Å². The SMILES string of the molecule is CC(C)[C@@H](C)C=C[C@@H](C)[C@H]1C[C@H]2O[C@]23C2=CC(=O)[C@@H]4CC(=O)CC[C@]4(C)[C@H]2CC[C@]13C. The standard InChI is InChI=1S/C28H40O3/c1-16(2)17(3)7-8-18(4)21-15-25-28(31-25)22-14-24(30)23-13-19(29)9-11-26(23,5)20(22)10-12-27(21,28)6/h7-8,14,16-18,20-21,23,25H,9-13,15H2,1-6H3/t17-,18+,20-,21+,23-,25+,26+,27+,28+/m0/s1. The van der Waals surface area contributed by atoms with Gasteiger partial charge in [-0.25, -0.2) is 0 Å². The van der Waals surface area contributed by atoms with Crippen molar-refractivity contribution in [2.24, 2.45) is 46.3 Å². The van der Waals surface area contributed by atoms with Crippen LogP contribution in [0.3, 0.4) is 0 Å². The monoisotopic (exact) mass is 424 g/mol. The zero-order valence-electron chi connectivity index (χ0n) is 20.2. The first-order chi connectivity index (χ1) is 14.5. The van der Waals surface area contributed by atoms with Gasteiger partial charge in [-0.15, -0.1) is 0 Å². The van der Waals surface area contributed by atoms with Crippen LogP contribution in [0, 0.1) is 46.3 Å². The molecule has 3 nitrogen and oxygen atoms in total. The second-order valence-electron chi connectivity index (χ2n) is 12.3. The van der Waals surface area contributed by atoms with Crippen molar-refractivity contribution in [1.29, 1.82) is 0 Å². The Balaban J connectivity index is 1.46. The van der Waals surface area contributed by atoms with Crippen LogP contribution < -0.4 is 0 Å². The topological polar surface area (TPSA) is 46.7 Å². The fraction of sp³-hybridized carbons (Fsp3) is 0.786. The third kappa shape index (κ3) is 2.81. The lowest BCUT2D eigenvalue weighted by Crippen LogP contribution is -2.55. The fourth-order valence-electron chi connectivity index (χ4n) is 8.12. The van der Waals surface area contributed by atoms with E-state index >= 15 is 0 Å². The molecule has 1 saturated heterocycles. The Morgan fingerprint density at radius 2 is 1.81 bits per heavy atom. The number of Topliss-reactive ketones (excluding diaryl/α,β-unsaturated/α-hetero) is 1. The number of hydrogen-bond donors (Lipinski definition) is 0. The summed E-state index contributed by atoms with van der Waals surface area (Å²) in [7, 11) is 0. The van der Waals surface area contributed by atoms with Gasteiger partial charge in [-0.1, -0.05) is 53.7 Å². The molecule has 0 unspecified atom stereocenters. The molecule has 1 aliphatic heterocycles. The van der Waals surface area contributed by atoms with E-state index in [0.29, 0.717) is 42.4 Å². The predicted octanol–water partition coefficient (Wildman–Crippen LogP) is 5.93. The van der Waals surface area contributed by atoms with E-state index in [2.05, 4.69) is 53.7 Å². The van der Waals surface area contributed by atoms with Crippen molar-refractivity contribution >= 4 is 11.6 Å². The number of epoxide rings is 1. The van der Waals surface area contributed by atoms with Crippen molar-refractivity contribution < 1.29 is 14.3 Å². The molecule has 31 heavy (non-hydrogen) atoms. The molecule has 3 heteroatoms. The van der Waals surface area contributed by atoms with Gasteiger partial charge >= 0.3 is 0 Å². The van der Waals surface area contributed by atoms with Crippen LogP contribution in [-0.4, -0.2) is 23.3 Å². The normalized spacial score (nSPS) is 48.0. The lowest BCUT2D eigenvalue weighted by atomic mass is 9.47. The Morgan fingerprint density at radius 3 is 2.52 bits per heavy atom. The molecule has 0 aromatic carbocycles.